The predicted octanol–water partition coefficient (Wildman–Crippen LogP) is 2.07. The molecule has 0 unspecified atom stereocenters. The van der Waals surface area contributed by atoms with E-state index in [0.29, 0.717) is 11.7 Å². The van der Waals surface area contributed by atoms with Crippen LogP contribution in [0.5, 0.6) is 0 Å². The van der Waals surface area contributed by atoms with E-state index in [0.717, 1.165) is 12.2 Å². The maximum atomic E-state index is 11.8. The van der Waals surface area contributed by atoms with E-state index >= 15 is 0 Å². The van der Waals surface area contributed by atoms with Crippen LogP contribution in [-0.4, -0.2) is 40.7 Å². The van der Waals surface area contributed by atoms with Gasteiger partial charge in [0.25, 0.3) is 5.91 Å². The molecular weight excluding hydrogens is 264 g/mol. The molecule has 2 rings (SSSR count). The largest absolute Gasteiger partial charge is 0.343 e. The molecule has 112 valence electrons. The topological polar surface area (TPSA) is 50.2 Å². The Labute approximate surface area is 125 Å². The first-order chi connectivity index (χ1) is 9.97. The molecule has 0 spiro atoms. The van der Waals surface area contributed by atoms with Gasteiger partial charge in [0.05, 0.1) is 5.69 Å². The minimum Gasteiger partial charge on any atom is -0.343 e. The maximum absolute atomic E-state index is 11.8. The van der Waals surface area contributed by atoms with E-state index in [-0.39, 0.29) is 5.91 Å². The van der Waals surface area contributed by atoms with Crippen LogP contribution in [0.4, 0.5) is 0 Å². The summed E-state index contributed by atoms with van der Waals surface area (Å²) < 4.78 is 1.72. The van der Waals surface area contributed by atoms with Crippen LogP contribution in [-0.2, 0) is 6.54 Å². The van der Waals surface area contributed by atoms with Crippen molar-refractivity contribution in [1.82, 2.24) is 20.0 Å². The number of rotatable bonds is 5. The number of carbonyl (C=O) groups excluding carboxylic acids is 1. The van der Waals surface area contributed by atoms with Crippen molar-refractivity contribution < 1.29 is 4.79 Å². The molecule has 0 bridgehead atoms. The van der Waals surface area contributed by atoms with Gasteiger partial charge in [-0.1, -0.05) is 26.0 Å². The molecule has 0 radical (unpaired) electrons. The lowest BCUT2D eigenvalue weighted by atomic mass is 10.2. The van der Waals surface area contributed by atoms with Gasteiger partial charge in [-0.3, -0.25) is 4.79 Å². The van der Waals surface area contributed by atoms with Crippen molar-refractivity contribution in [2.24, 2.45) is 0 Å². The summed E-state index contributed by atoms with van der Waals surface area (Å²) in [5, 5.41) is 7.70. The lowest BCUT2D eigenvalue weighted by Gasteiger charge is -2.09. The Bertz CT molecular complexity index is 599. The highest BCUT2D eigenvalue weighted by atomic mass is 16.2. The molecule has 21 heavy (non-hydrogen) atoms. The molecule has 0 atom stereocenters. The molecule has 0 fully saturated rings. The van der Waals surface area contributed by atoms with Crippen molar-refractivity contribution in [1.29, 1.82) is 0 Å². The Kier molecular flexibility index (Phi) is 4.75. The van der Waals surface area contributed by atoms with Crippen LogP contribution in [0.15, 0.2) is 36.5 Å². The third-order valence-electron chi connectivity index (χ3n) is 3.13. The fourth-order valence-corrected chi connectivity index (χ4v) is 1.90. The molecule has 0 aliphatic heterocycles. The van der Waals surface area contributed by atoms with Gasteiger partial charge in [-0.2, -0.15) is 5.10 Å². The summed E-state index contributed by atoms with van der Waals surface area (Å²) in [4.78, 5) is 13.4. The highest BCUT2D eigenvalue weighted by molar-refractivity contribution is 5.91. The first-order valence-corrected chi connectivity index (χ1v) is 7.07. The third-order valence-corrected chi connectivity index (χ3v) is 3.13. The van der Waals surface area contributed by atoms with Crippen molar-refractivity contribution in [3.8, 4) is 5.69 Å². The summed E-state index contributed by atoms with van der Waals surface area (Å²) in [7, 11) is 3.44. The minimum atomic E-state index is -0.0912. The zero-order chi connectivity index (χ0) is 15.4. The van der Waals surface area contributed by atoms with Crippen LogP contribution < -0.4 is 5.32 Å². The normalized spacial score (nSPS) is 10.9. The fourth-order valence-electron chi connectivity index (χ4n) is 1.90. The number of hydrogen-bond donors (Lipinski definition) is 1. The van der Waals surface area contributed by atoms with Crippen molar-refractivity contribution in [3.05, 3.63) is 47.8 Å². The number of amides is 1. The summed E-state index contributed by atoms with van der Waals surface area (Å²) in [5.41, 5.74) is 2.62. The Morgan fingerprint density at radius 2 is 1.90 bits per heavy atom. The van der Waals surface area contributed by atoms with Crippen molar-refractivity contribution in [2.75, 3.05) is 14.1 Å². The quantitative estimate of drug-likeness (QED) is 0.915. The number of hydrogen-bond acceptors (Lipinski definition) is 3. The monoisotopic (exact) mass is 286 g/mol. The van der Waals surface area contributed by atoms with Gasteiger partial charge in [0.15, 0.2) is 5.69 Å². The van der Waals surface area contributed by atoms with Gasteiger partial charge < -0.3 is 10.2 Å². The highest BCUT2D eigenvalue weighted by Crippen LogP contribution is 2.10. The summed E-state index contributed by atoms with van der Waals surface area (Å²) in [5.74, 6) is -0.0912. The van der Waals surface area contributed by atoms with E-state index in [1.165, 1.54) is 10.5 Å². The van der Waals surface area contributed by atoms with Crippen molar-refractivity contribution >= 4 is 5.91 Å². The number of nitrogens with one attached hydrogen (secondary N) is 1. The van der Waals surface area contributed by atoms with Crippen LogP contribution in [0.2, 0.25) is 0 Å². The van der Waals surface area contributed by atoms with Crippen LogP contribution in [0.3, 0.4) is 0 Å². The van der Waals surface area contributed by atoms with Gasteiger partial charge in [0.2, 0.25) is 0 Å². The van der Waals surface area contributed by atoms with E-state index in [2.05, 4.69) is 36.4 Å². The molecule has 1 heterocycles. The van der Waals surface area contributed by atoms with Gasteiger partial charge >= 0.3 is 0 Å². The van der Waals surface area contributed by atoms with Gasteiger partial charge in [0, 0.05) is 32.9 Å². The second-order valence-corrected chi connectivity index (χ2v) is 5.55. The molecule has 1 aromatic carbocycles. The molecule has 0 aliphatic carbocycles. The molecule has 1 aromatic heterocycles. The van der Waals surface area contributed by atoms with Gasteiger partial charge in [-0.05, 0) is 23.8 Å². The number of benzene rings is 1. The summed E-state index contributed by atoms with van der Waals surface area (Å²) in [6.07, 6.45) is 1.80. The van der Waals surface area contributed by atoms with Crippen molar-refractivity contribution in [2.45, 2.75) is 26.4 Å². The van der Waals surface area contributed by atoms with E-state index in [1.807, 2.05) is 12.1 Å². The van der Waals surface area contributed by atoms with Crippen molar-refractivity contribution in [3.63, 3.8) is 0 Å². The average Bonchev–Trinajstić information content (AvgIpc) is 2.94. The first kappa shape index (κ1) is 15.3. The number of nitrogens with zero attached hydrogens (tertiary/aromatic N) is 3. The third kappa shape index (κ3) is 3.92. The van der Waals surface area contributed by atoms with Crippen LogP contribution in [0, 0.1) is 0 Å². The van der Waals surface area contributed by atoms with Crippen LogP contribution >= 0.6 is 0 Å². The average molecular weight is 286 g/mol. The lowest BCUT2D eigenvalue weighted by Crippen LogP contribution is -2.22. The zero-order valence-corrected chi connectivity index (χ0v) is 13.0. The fraction of sp³-hybridized carbons (Fsp3) is 0.375. The van der Waals surface area contributed by atoms with Crippen LogP contribution in [0.25, 0.3) is 5.69 Å². The molecular formula is C16H22N4O. The van der Waals surface area contributed by atoms with Gasteiger partial charge in [-0.15, -0.1) is 0 Å². The highest BCUT2D eigenvalue weighted by Gasteiger charge is 2.11. The summed E-state index contributed by atoms with van der Waals surface area (Å²) in [6.45, 7) is 5.10. The molecule has 0 saturated heterocycles. The Morgan fingerprint density at radius 3 is 2.48 bits per heavy atom. The van der Waals surface area contributed by atoms with E-state index in [9.17, 15) is 4.79 Å². The summed E-state index contributed by atoms with van der Waals surface area (Å²) in [6, 6.07) is 10.4. The molecule has 1 amide bonds. The molecule has 1 N–H and O–H groups in total. The van der Waals surface area contributed by atoms with Gasteiger partial charge in [0.1, 0.15) is 0 Å². The SMILES string of the molecule is CC(C)NCc1ccc(-n2ccc(C(=O)N(C)C)n2)cc1. The Morgan fingerprint density at radius 1 is 1.24 bits per heavy atom. The summed E-state index contributed by atoms with van der Waals surface area (Å²) >= 11 is 0. The predicted molar refractivity (Wildman–Crippen MR) is 83.6 cm³/mol. The molecule has 5 heteroatoms. The molecule has 2 aromatic rings. The minimum absolute atomic E-state index is 0.0912. The standard InChI is InChI=1S/C16H22N4O/c1-12(2)17-11-13-5-7-14(8-6-13)20-10-9-15(18-20)16(21)19(3)4/h5-10,12,17H,11H2,1-4H3. The zero-order valence-electron chi connectivity index (χ0n) is 13.0. The maximum Gasteiger partial charge on any atom is 0.273 e. The van der Waals surface area contributed by atoms with Gasteiger partial charge in [-0.25, -0.2) is 4.68 Å². The number of carbonyl (C=O) groups is 1. The molecule has 0 aliphatic rings. The second-order valence-electron chi connectivity index (χ2n) is 5.55. The van der Waals surface area contributed by atoms with E-state index < -0.39 is 0 Å². The lowest BCUT2D eigenvalue weighted by molar-refractivity contribution is 0.0821. The number of aromatic nitrogens is 2. The smallest absolute Gasteiger partial charge is 0.273 e. The second kappa shape index (κ2) is 6.54. The Balaban J connectivity index is 2.10. The van der Waals surface area contributed by atoms with E-state index in [1.54, 1.807) is 31.0 Å². The van der Waals surface area contributed by atoms with E-state index in [4.69, 9.17) is 0 Å². The Hall–Kier alpha value is -2.14. The molecule has 5 nitrogen and oxygen atoms in total. The van der Waals surface area contributed by atoms with Crippen LogP contribution in [0.1, 0.15) is 29.9 Å². The molecule has 0 saturated carbocycles. The first-order valence-electron chi connectivity index (χ1n) is 7.07.